The number of nitrogens with zero attached hydrogens (tertiary/aromatic N) is 1. The molecule has 0 aliphatic rings. The van der Waals surface area contributed by atoms with E-state index in [0.717, 1.165) is 24.4 Å². The summed E-state index contributed by atoms with van der Waals surface area (Å²) in [5, 5.41) is 3.28. The van der Waals surface area contributed by atoms with Gasteiger partial charge in [0, 0.05) is 25.3 Å². The van der Waals surface area contributed by atoms with E-state index in [4.69, 9.17) is 9.47 Å². The fourth-order valence-electron chi connectivity index (χ4n) is 2.23. The molecule has 21 heavy (non-hydrogen) atoms. The summed E-state index contributed by atoms with van der Waals surface area (Å²) in [6, 6.07) is 7.75. The number of rotatable bonds is 8. The van der Waals surface area contributed by atoms with Gasteiger partial charge in [0.15, 0.2) is 0 Å². The van der Waals surface area contributed by atoms with Crippen molar-refractivity contribution in [1.82, 2.24) is 5.32 Å². The molecule has 1 N–H and O–H groups in total. The van der Waals surface area contributed by atoms with Crippen LogP contribution in [0.4, 0.5) is 5.69 Å². The van der Waals surface area contributed by atoms with Crippen LogP contribution in [0.15, 0.2) is 24.3 Å². The summed E-state index contributed by atoms with van der Waals surface area (Å²) >= 11 is 0. The van der Waals surface area contributed by atoms with Crippen molar-refractivity contribution in [3.8, 4) is 5.75 Å². The monoisotopic (exact) mass is 294 g/mol. The molecule has 0 saturated carbocycles. The predicted octanol–water partition coefficient (Wildman–Crippen LogP) is 2.06. The first-order chi connectivity index (χ1) is 9.96. The topological polar surface area (TPSA) is 50.8 Å². The number of anilines is 1. The Morgan fingerprint density at radius 3 is 2.67 bits per heavy atom. The molecule has 5 nitrogen and oxygen atoms in total. The van der Waals surface area contributed by atoms with Crippen LogP contribution in [0.1, 0.15) is 20.3 Å². The van der Waals surface area contributed by atoms with Crippen LogP contribution < -0.4 is 15.0 Å². The summed E-state index contributed by atoms with van der Waals surface area (Å²) in [6.45, 7) is 5.20. The van der Waals surface area contributed by atoms with Crippen molar-refractivity contribution >= 4 is 11.7 Å². The predicted molar refractivity (Wildman–Crippen MR) is 85.0 cm³/mol. The van der Waals surface area contributed by atoms with Gasteiger partial charge in [-0.2, -0.15) is 0 Å². The SMILES string of the molecule is CCCNC(C)(CN(C)c1cccc(OC)c1)C(=O)OC. The zero-order valence-corrected chi connectivity index (χ0v) is 13.6. The standard InChI is InChI=1S/C16H26N2O3/c1-6-10-17-16(2,15(19)21-5)12-18(3)13-8-7-9-14(11-13)20-4/h7-9,11,17H,6,10,12H2,1-5H3. The number of carbonyl (C=O) groups excluding carboxylic acids is 1. The van der Waals surface area contributed by atoms with E-state index >= 15 is 0 Å². The number of carbonyl (C=O) groups is 1. The Morgan fingerprint density at radius 2 is 2.10 bits per heavy atom. The first kappa shape index (κ1) is 17.3. The van der Waals surface area contributed by atoms with Gasteiger partial charge in [-0.05, 0) is 32.0 Å². The maximum absolute atomic E-state index is 12.1. The molecule has 1 aromatic rings. The summed E-state index contributed by atoms with van der Waals surface area (Å²) in [4.78, 5) is 14.1. The van der Waals surface area contributed by atoms with Gasteiger partial charge in [-0.15, -0.1) is 0 Å². The maximum Gasteiger partial charge on any atom is 0.327 e. The van der Waals surface area contributed by atoms with Crippen molar-refractivity contribution in [3.63, 3.8) is 0 Å². The van der Waals surface area contributed by atoms with Crippen LogP contribution in [0.5, 0.6) is 5.75 Å². The molecular weight excluding hydrogens is 268 g/mol. The molecule has 0 saturated heterocycles. The van der Waals surface area contributed by atoms with E-state index in [2.05, 4.69) is 12.2 Å². The van der Waals surface area contributed by atoms with Crippen LogP contribution in [0.2, 0.25) is 0 Å². The third kappa shape index (κ3) is 4.63. The van der Waals surface area contributed by atoms with Gasteiger partial charge in [0.25, 0.3) is 0 Å². The Labute approximate surface area is 127 Å². The molecule has 0 fully saturated rings. The lowest BCUT2D eigenvalue weighted by atomic mass is 10.0. The second-order valence-corrected chi connectivity index (χ2v) is 5.31. The van der Waals surface area contributed by atoms with Crippen molar-refractivity contribution < 1.29 is 14.3 Å². The third-order valence-electron chi connectivity index (χ3n) is 3.45. The fourth-order valence-corrected chi connectivity index (χ4v) is 2.23. The van der Waals surface area contributed by atoms with E-state index in [0.29, 0.717) is 6.54 Å². The molecule has 1 atom stereocenters. The van der Waals surface area contributed by atoms with Gasteiger partial charge in [-0.25, -0.2) is 4.79 Å². The van der Waals surface area contributed by atoms with Gasteiger partial charge in [-0.1, -0.05) is 13.0 Å². The van der Waals surface area contributed by atoms with Gasteiger partial charge in [0.1, 0.15) is 11.3 Å². The van der Waals surface area contributed by atoms with Gasteiger partial charge >= 0.3 is 5.97 Å². The molecule has 0 aliphatic carbocycles. The molecule has 0 heterocycles. The lowest BCUT2D eigenvalue weighted by molar-refractivity contribution is -0.147. The number of methoxy groups -OCH3 is 2. The molecule has 0 spiro atoms. The minimum absolute atomic E-state index is 0.259. The quantitative estimate of drug-likeness (QED) is 0.744. The van der Waals surface area contributed by atoms with Crippen molar-refractivity contribution in [2.24, 2.45) is 0 Å². The number of ether oxygens (including phenoxy) is 2. The average molecular weight is 294 g/mol. The summed E-state index contributed by atoms with van der Waals surface area (Å²) in [6.07, 6.45) is 0.954. The number of benzene rings is 1. The minimum atomic E-state index is -0.747. The minimum Gasteiger partial charge on any atom is -0.497 e. The highest BCUT2D eigenvalue weighted by Gasteiger charge is 2.35. The van der Waals surface area contributed by atoms with E-state index in [1.165, 1.54) is 7.11 Å². The summed E-state index contributed by atoms with van der Waals surface area (Å²) in [5.41, 5.74) is 0.241. The molecule has 5 heteroatoms. The Morgan fingerprint density at radius 1 is 1.38 bits per heavy atom. The van der Waals surface area contributed by atoms with E-state index in [-0.39, 0.29) is 5.97 Å². The molecule has 0 aromatic heterocycles. The number of likely N-dealkylation sites (N-methyl/N-ethyl adjacent to an activating group) is 1. The molecule has 1 unspecified atom stereocenters. The van der Waals surface area contributed by atoms with Gasteiger partial charge in [0.2, 0.25) is 0 Å². The normalized spacial score (nSPS) is 13.4. The highest BCUT2D eigenvalue weighted by Crippen LogP contribution is 2.21. The number of hydrogen-bond donors (Lipinski definition) is 1. The Balaban J connectivity index is 2.88. The van der Waals surface area contributed by atoms with Gasteiger partial charge < -0.3 is 19.7 Å². The van der Waals surface area contributed by atoms with Crippen molar-refractivity contribution in [3.05, 3.63) is 24.3 Å². The Bertz CT molecular complexity index is 465. The second kappa shape index (κ2) is 7.88. The van der Waals surface area contributed by atoms with Crippen LogP contribution in [0.25, 0.3) is 0 Å². The Kier molecular flexibility index (Phi) is 6.49. The zero-order valence-electron chi connectivity index (χ0n) is 13.6. The largest absolute Gasteiger partial charge is 0.497 e. The average Bonchev–Trinajstić information content (AvgIpc) is 2.52. The van der Waals surface area contributed by atoms with E-state index in [9.17, 15) is 4.79 Å². The van der Waals surface area contributed by atoms with E-state index < -0.39 is 5.54 Å². The van der Waals surface area contributed by atoms with Crippen molar-refractivity contribution in [2.75, 3.05) is 39.3 Å². The van der Waals surface area contributed by atoms with Crippen LogP contribution in [0, 0.1) is 0 Å². The molecule has 1 aromatic carbocycles. The molecule has 118 valence electrons. The Hall–Kier alpha value is -1.75. The van der Waals surface area contributed by atoms with Gasteiger partial charge in [-0.3, -0.25) is 0 Å². The van der Waals surface area contributed by atoms with Crippen LogP contribution >= 0.6 is 0 Å². The molecule has 0 radical (unpaired) electrons. The lowest BCUT2D eigenvalue weighted by Gasteiger charge is -2.33. The smallest absolute Gasteiger partial charge is 0.327 e. The van der Waals surface area contributed by atoms with Crippen LogP contribution in [-0.2, 0) is 9.53 Å². The lowest BCUT2D eigenvalue weighted by Crippen LogP contribution is -2.57. The van der Waals surface area contributed by atoms with Crippen LogP contribution in [0.3, 0.4) is 0 Å². The van der Waals surface area contributed by atoms with E-state index in [1.54, 1.807) is 7.11 Å². The first-order valence-corrected chi connectivity index (χ1v) is 7.15. The zero-order chi connectivity index (χ0) is 15.9. The maximum atomic E-state index is 12.1. The number of hydrogen-bond acceptors (Lipinski definition) is 5. The molecule has 0 bridgehead atoms. The highest BCUT2D eigenvalue weighted by molar-refractivity contribution is 5.81. The number of esters is 1. The molecule has 0 amide bonds. The number of nitrogens with one attached hydrogen (secondary N) is 1. The third-order valence-corrected chi connectivity index (χ3v) is 3.45. The molecule has 0 aliphatic heterocycles. The molecule has 1 rings (SSSR count). The summed E-state index contributed by atoms with van der Waals surface area (Å²) in [5.74, 6) is 0.534. The van der Waals surface area contributed by atoms with Crippen molar-refractivity contribution in [1.29, 1.82) is 0 Å². The van der Waals surface area contributed by atoms with Crippen molar-refractivity contribution in [2.45, 2.75) is 25.8 Å². The summed E-state index contributed by atoms with van der Waals surface area (Å²) in [7, 11) is 5.00. The highest BCUT2D eigenvalue weighted by atomic mass is 16.5. The fraction of sp³-hybridized carbons (Fsp3) is 0.562. The summed E-state index contributed by atoms with van der Waals surface area (Å²) < 4.78 is 10.2. The van der Waals surface area contributed by atoms with Gasteiger partial charge in [0.05, 0.1) is 14.2 Å². The van der Waals surface area contributed by atoms with E-state index in [1.807, 2.05) is 43.1 Å². The second-order valence-electron chi connectivity index (χ2n) is 5.31. The molecular formula is C16H26N2O3. The van der Waals surface area contributed by atoms with Crippen LogP contribution in [-0.4, -0.2) is 45.9 Å². The first-order valence-electron chi connectivity index (χ1n) is 7.15.